The van der Waals surface area contributed by atoms with Crippen LogP contribution < -0.4 is 0 Å². The van der Waals surface area contributed by atoms with Gasteiger partial charge in [0.2, 0.25) is 0 Å². The number of hydrogen-bond donors (Lipinski definition) is 2. The maximum absolute atomic E-state index is 8.66. The Morgan fingerprint density at radius 1 is 0.550 bits per heavy atom. The lowest BCUT2D eigenvalue weighted by Crippen LogP contribution is -2.32. The van der Waals surface area contributed by atoms with Gasteiger partial charge < -0.3 is 19.8 Å². The first kappa shape index (κ1) is 41.5. The Morgan fingerprint density at radius 3 is 1.60 bits per heavy atom. The standard InChI is InChI=1S/C18H34O.C17H35NO.CH4O/c1-2-3-4-5-6-7-8-9-10-11-12-13-14-15-16-17-18-19;1-2-3-4-5-6-7-8-12-16-19-17-15-18-13-10-9-11-14-18;1-2/h6-7,9-10,19H,2-5,8,11-18H2,1H3;2-17H2,1H3;2H,1H3/b7-6-,10-9-;;. The first-order chi connectivity index (χ1) is 19.8. The molecular weight excluding hydrogens is 494 g/mol. The summed E-state index contributed by atoms with van der Waals surface area (Å²) < 4.78 is 5.74. The molecule has 0 aliphatic carbocycles. The molecule has 0 aromatic rings. The molecule has 0 unspecified atom stereocenters. The van der Waals surface area contributed by atoms with Crippen LogP contribution in [-0.2, 0) is 4.74 Å². The van der Waals surface area contributed by atoms with Crippen molar-refractivity contribution in [1.82, 2.24) is 4.90 Å². The summed E-state index contributed by atoms with van der Waals surface area (Å²) >= 11 is 0. The number of piperidine rings is 1. The molecule has 4 nitrogen and oxygen atoms in total. The zero-order valence-electron chi connectivity index (χ0n) is 27.6. The van der Waals surface area contributed by atoms with Crippen LogP contribution in [0.1, 0.15) is 162 Å². The highest BCUT2D eigenvalue weighted by atomic mass is 16.5. The maximum Gasteiger partial charge on any atom is 0.0593 e. The van der Waals surface area contributed by atoms with E-state index in [4.69, 9.17) is 14.9 Å². The van der Waals surface area contributed by atoms with E-state index in [0.29, 0.717) is 6.61 Å². The van der Waals surface area contributed by atoms with Crippen LogP contribution in [0, 0.1) is 0 Å². The largest absolute Gasteiger partial charge is 0.400 e. The van der Waals surface area contributed by atoms with Crippen molar-refractivity contribution in [1.29, 1.82) is 0 Å². The molecule has 0 atom stereocenters. The molecule has 0 saturated carbocycles. The molecule has 40 heavy (non-hydrogen) atoms. The van der Waals surface area contributed by atoms with Crippen molar-refractivity contribution >= 4 is 0 Å². The number of aliphatic hydroxyl groups excluding tert-OH is 2. The molecule has 0 bridgehead atoms. The summed E-state index contributed by atoms with van der Waals surface area (Å²) in [4.78, 5) is 2.55. The number of aliphatic hydroxyl groups is 2. The van der Waals surface area contributed by atoms with Crippen molar-refractivity contribution in [3.63, 3.8) is 0 Å². The van der Waals surface area contributed by atoms with Crippen LogP contribution in [0.2, 0.25) is 0 Å². The van der Waals surface area contributed by atoms with Gasteiger partial charge in [-0.3, -0.25) is 0 Å². The van der Waals surface area contributed by atoms with Crippen LogP contribution >= 0.6 is 0 Å². The number of hydrogen-bond acceptors (Lipinski definition) is 4. The van der Waals surface area contributed by atoms with E-state index in [2.05, 4.69) is 43.1 Å². The molecule has 0 spiro atoms. The second-order valence-corrected chi connectivity index (χ2v) is 11.3. The quantitative estimate of drug-likeness (QED) is 0.0806. The highest BCUT2D eigenvalue weighted by molar-refractivity contribution is 4.92. The van der Waals surface area contributed by atoms with Crippen molar-refractivity contribution < 1.29 is 14.9 Å². The van der Waals surface area contributed by atoms with E-state index in [0.717, 1.165) is 39.7 Å². The van der Waals surface area contributed by atoms with Gasteiger partial charge in [-0.05, 0) is 70.9 Å². The molecule has 1 heterocycles. The number of nitrogens with zero attached hydrogens (tertiary/aromatic N) is 1. The molecule has 0 aromatic carbocycles. The Labute approximate surface area is 252 Å². The van der Waals surface area contributed by atoms with Crippen molar-refractivity contribution in [2.24, 2.45) is 0 Å². The molecule has 1 fully saturated rings. The SMILES string of the molecule is CCCCC/C=C\C/C=C\CCCCCCCCO.CCCCCCCCCCOCCN1CCCCC1.CO. The molecule has 1 saturated heterocycles. The minimum atomic E-state index is 0.356. The minimum Gasteiger partial charge on any atom is -0.400 e. The van der Waals surface area contributed by atoms with Gasteiger partial charge in [-0.1, -0.05) is 128 Å². The maximum atomic E-state index is 8.66. The van der Waals surface area contributed by atoms with Crippen LogP contribution in [-0.4, -0.2) is 61.7 Å². The van der Waals surface area contributed by atoms with Crippen LogP contribution in [0.3, 0.4) is 0 Å². The normalized spacial score (nSPS) is 13.8. The van der Waals surface area contributed by atoms with E-state index >= 15 is 0 Å². The summed E-state index contributed by atoms with van der Waals surface area (Å²) in [6, 6.07) is 0. The molecule has 0 radical (unpaired) electrons. The first-order valence-electron chi connectivity index (χ1n) is 17.5. The minimum absolute atomic E-state index is 0.356. The van der Waals surface area contributed by atoms with Crippen molar-refractivity contribution in [3.05, 3.63) is 24.3 Å². The van der Waals surface area contributed by atoms with E-state index in [1.807, 2.05) is 0 Å². The molecule has 0 amide bonds. The van der Waals surface area contributed by atoms with Crippen LogP contribution in [0.15, 0.2) is 24.3 Å². The molecule has 1 rings (SSSR count). The summed E-state index contributed by atoms with van der Waals surface area (Å²) in [6.07, 6.45) is 39.5. The molecule has 1 aliphatic rings. The molecule has 4 heteroatoms. The molecule has 2 N–H and O–H groups in total. The fraction of sp³-hybridized carbons (Fsp3) is 0.889. The Morgan fingerprint density at radius 2 is 1.02 bits per heavy atom. The third-order valence-electron chi connectivity index (χ3n) is 7.50. The van der Waals surface area contributed by atoms with Crippen molar-refractivity contribution in [2.45, 2.75) is 162 Å². The van der Waals surface area contributed by atoms with Gasteiger partial charge in [-0.15, -0.1) is 0 Å². The number of rotatable bonds is 26. The van der Waals surface area contributed by atoms with Crippen LogP contribution in [0.25, 0.3) is 0 Å². The zero-order chi connectivity index (χ0) is 29.6. The number of allylic oxidation sites excluding steroid dienone is 4. The fourth-order valence-electron chi connectivity index (χ4n) is 4.92. The van der Waals surface area contributed by atoms with Crippen molar-refractivity contribution in [2.75, 3.05) is 46.6 Å². The van der Waals surface area contributed by atoms with Gasteiger partial charge in [0.15, 0.2) is 0 Å². The van der Waals surface area contributed by atoms with Gasteiger partial charge in [-0.2, -0.15) is 0 Å². The summed E-state index contributed by atoms with van der Waals surface area (Å²) in [5, 5.41) is 15.7. The summed E-state index contributed by atoms with van der Waals surface area (Å²) in [7, 11) is 1.00. The molecule has 1 aliphatic heterocycles. The second-order valence-electron chi connectivity index (χ2n) is 11.3. The van der Waals surface area contributed by atoms with E-state index in [-0.39, 0.29) is 0 Å². The lowest BCUT2D eigenvalue weighted by Gasteiger charge is -2.26. The topological polar surface area (TPSA) is 52.9 Å². The van der Waals surface area contributed by atoms with E-state index in [9.17, 15) is 0 Å². The highest BCUT2D eigenvalue weighted by Crippen LogP contribution is 2.10. The Balaban J connectivity index is 0. The zero-order valence-corrected chi connectivity index (χ0v) is 27.6. The van der Waals surface area contributed by atoms with E-state index in [1.54, 1.807) is 0 Å². The first-order valence-corrected chi connectivity index (χ1v) is 17.5. The fourth-order valence-corrected chi connectivity index (χ4v) is 4.92. The van der Waals surface area contributed by atoms with Gasteiger partial charge in [0.05, 0.1) is 6.61 Å². The van der Waals surface area contributed by atoms with Crippen LogP contribution in [0.5, 0.6) is 0 Å². The molecule has 240 valence electrons. The third-order valence-corrected chi connectivity index (χ3v) is 7.50. The van der Waals surface area contributed by atoms with E-state index in [1.165, 1.54) is 148 Å². The number of unbranched alkanes of at least 4 members (excludes halogenated alkanes) is 16. The van der Waals surface area contributed by atoms with Gasteiger partial charge in [0, 0.05) is 26.9 Å². The summed E-state index contributed by atoms with van der Waals surface area (Å²) in [5.74, 6) is 0. The van der Waals surface area contributed by atoms with E-state index < -0.39 is 0 Å². The molecular formula is C36H73NO3. The Hall–Kier alpha value is -0.680. The lowest BCUT2D eigenvalue weighted by molar-refractivity contribution is 0.0938. The monoisotopic (exact) mass is 568 g/mol. The van der Waals surface area contributed by atoms with Gasteiger partial charge in [-0.25, -0.2) is 0 Å². The number of likely N-dealkylation sites (tertiary alicyclic amines) is 1. The Bertz CT molecular complexity index is 475. The van der Waals surface area contributed by atoms with Crippen molar-refractivity contribution in [3.8, 4) is 0 Å². The van der Waals surface area contributed by atoms with Gasteiger partial charge >= 0.3 is 0 Å². The Kier molecular flexibility index (Phi) is 41.9. The summed E-state index contributed by atoms with van der Waals surface area (Å²) in [5.41, 5.74) is 0. The summed E-state index contributed by atoms with van der Waals surface area (Å²) in [6.45, 7) is 10.5. The highest BCUT2D eigenvalue weighted by Gasteiger charge is 2.08. The number of ether oxygens (including phenoxy) is 1. The second kappa shape index (κ2) is 40.5. The average Bonchev–Trinajstić information content (AvgIpc) is 3.00. The van der Waals surface area contributed by atoms with Gasteiger partial charge in [0.25, 0.3) is 0 Å². The van der Waals surface area contributed by atoms with Crippen LogP contribution in [0.4, 0.5) is 0 Å². The lowest BCUT2D eigenvalue weighted by atomic mass is 10.1. The third kappa shape index (κ3) is 37.3. The molecule has 0 aromatic heterocycles. The predicted molar refractivity (Wildman–Crippen MR) is 178 cm³/mol. The smallest absolute Gasteiger partial charge is 0.0593 e. The average molecular weight is 568 g/mol. The van der Waals surface area contributed by atoms with Gasteiger partial charge in [0.1, 0.15) is 0 Å². The predicted octanol–water partition coefficient (Wildman–Crippen LogP) is 10.0.